The molecular formula is C15H24O4. The summed E-state index contributed by atoms with van der Waals surface area (Å²) in [6.07, 6.45) is 5.73. The number of methoxy groups -OCH3 is 1. The summed E-state index contributed by atoms with van der Waals surface area (Å²) >= 11 is 0. The molecule has 19 heavy (non-hydrogen) atoms. The maximum atomic E-state index is 12.0. The summed E-state index contributed by atoms with van der Waals surface area (Å²) in [5, 5.41) is 0. The Morgan fingerprint density at radius 1 is 1.32 bits per heavy atom. The molecule has 0 aromatic rings. The van der Waals surface area contributed by atoms with E-state index in [2.05, 4.69) is 6.58 Å². The number of ether oxygens (including phenoxy) is 2. The lowest BCUT2D eigenvalue weighted by atomic mass is 9.81. The van der Waals surface area contributed by atoms with Crippen molar-refractivity contribution in [2.75, 3.05) is 13.7 Å². The van der Waals surface area contributed by atoms with Gasteiger partial charge >= 0.3 is 11.9 Å². The van der Waals surface area contributed by atoms with Gasteiger partial charge in [-0.3, -0.25) is 9.59 Å². The molecule has 0 radical (unpaired) electrons. The zero-order valence-electron chi connectivity index (χ0n) is 12.2. The minimum Gasteiger partial charge on any atom is -0.469 e. The molecule has 0 N–H and O–H groups in total. The zero-order valence-corrected chi connectivity index (χ0v) is 12.2. The van der Waals surface area contributed by atoms with Gasteiger partial charge in [0.2, 0.25) is 0 Å². The number of hydrogen-bond donors (Lipinski definition) is 0. The summed E-state index contributed by atoms with van der Waals surface area (Å²) in [4.78, 5) is 23.9. The van der Waals surface area contributed by atoms with E-state index in [1.165, 1.54) is 7.11 Å². The molecule has 108 valence electrons. The van der Waals surface area contributed by atoms with Gasteiger partial charge in [0.15, 0.2) is 0 Å². The van der Waals surface area contributed by atoms with Crippen molar-refractivity contribution in [1.29, 1.82) is 0 Å². The maximum Gasteiger partial charge on any atom is 0.310 e. The highest BCUT2D eigenvalue weighted by atomic mass is 16.5. The first kappa shape index (κ1) is 17.4. The Morgan fingerprint density at radius 2 is 1.95 bits per heavy atom. The number of esters is 2. The highest BCUT2D eigenvalue weighted by molar-refractivity contribution is 5.82. The summed E-state index contributed by atoms with van der Waals surface area (Å²) in [6, 6.07) is 0. The Morgan fingerprint density at radius 3 is 2.37 bits per heavy atom. The second-order valence-electron chi connectivity index (χ2n) is 4.36. The standard InChI is InChI=1S/C15H24O4/c1-6-9-10-19-14(16)12(8-3)13(11(4)7-2)15(17)18-5/h6-7,9,11-13H,2,8,10H2,1,3-5H3/b9-6-. The van der Waals surface area contributed by atoms with Crippen molar-refractivity contribution in [1.82, 2.24) is 0 Å². The molecule has 0 spiro atoms. The minimum absolute atomic E-state index is 0.147. The molecule has 0 aliphatic rings. The molecule has 0 bridgehead atoms. The van der Waals surface area contributed by atoms with Gasteiger partial charge in [0.05, 0.1) is 18.9 Å². The van der Waals surface area contributed by atoms with Crippen LogP contribution in [0.4, 0.5) is 0 Å². The molecule has 0 aliphatic heterocycles. The molecular weight excluding hydrogens is 244 g/mol. The van der Waals surface area contributed by atoms with Crippen LogP contribution in [0.2, 0.25) is 0 Å². The van der Waals surface area contributed by atoms with Crippen LogP contribution in [0.1, 0.15) is 27.2 Å². The Hall–Kier alpha value is -1.58. The Balaban J connectivity index is 4.96. The van der Waals surface area contributed by atoms with Crippen LogP contribution >= 0.6 is 0 Å². The zero-order chi connectivity index (χ0) is 14.8. The molecule has 0 aliphatic carbocycles. The van der Waals surface area contributed by atoms with Gasteiger partial charge in [0.25, 0.3) is 0 Å². The van der Waals surface area contributed by atoms with E-state index < -0.39 is 17.8 Å². The lowest BCUT2D eigenvalue weighted by molar-refractivity contribution is -0.160. The molecule has 4 nitrogen and oxygen atoms in total. The van der Waals surface area contributed by atoms with Gasteiger partial charge in [-0.1, -0.05) is 32.1 Å². The molecule has 0 aromatic carbocycles. The van der Waals surface area contributed by atoms with Gasteiger partial charge in [-0.2, -0.15) is 0 Å². The third kappa shape index (κ3) is 5.28. The fourth-order valence-electron chi connectivity index (χ4n) is 1.93. The largest absolute Gasteiger partial charge is 0.469 e. The van der Waals surface area contributed by atoms with Gasteiger partial charge in [0.1, 0.15) is 6.61 Å². The molecule has 0 saturated carbocycles. The predicted molar refractivity (Wildman–Crippen MR) is 74.4 cm³/mol. The van der Waals surface area contributed by atoms with Crippen molar-refractivity contribution >= 4 is 11.9 Å². The first-order chi connectivity index (χ1) is 9.03. The van der Waals surface area contributed by atoms with Crippen molar-refractivity contribution in [3.05, 3.63) is 24.8 Å². The number of allylic oxidation sites excluding steroid dienone is 2. The molecule has 0 aromatic heterocycles. The number of carbonyl (C=O) groups is 2. The van der Waals surface area contributed by atoms with Gasteiger partial charge < -0.3 is 9.47 Å². The third-order valence-corrected chi connectivity index (χ3v) is 3.15. The van der Waals surface area contributed by atoms with Crippen LogP contribution in [0.5, 0.6) is 0 Å². The number of carbonyl (C=O) groups excluding carboxylic acids is 2. The average molecular weight is 268 g/mol. The highest BCUT2D eigenvalue weighted by Crippen LogP contribution is 2.27. The van der Waals surface area contributed by atoms with E-state index in [4.69, 9.17) is 9.47 Å². The van der Waals surface area contributed by atoms with Gasteiger partial charge in [0, 0.05) is 0 Å². The Kier molecular flexibility index (Phi) is 8.58. The lowest BCUT2D eigenvalue weighted by Crippen LogP contribution is -2.35. The maximum absolute atomic E-state index is 12.0. The molecule has 4 heteroatoms. The summed E-state index contributed by atoms with van der Waals surface area (Å²) in [7, 11) is 1.32. The SMILES string of the molecule is C=CC(C)C(C(=O)OC)C(CC)C(=O)OC/C=C\C. The van der Waals surface area contributed by atoms with Crippen molar-refractivity contribution < 1.29 is 19.1 Å². The summed E-state index contributed by atoms with van der Waals surface area (Å²) < 4.78 is 9.92. The van der Waals surface area contributed by atoms with Gasteiger partial charge in [-0.25, -0.2) is 0 Å². The second-order valence-corrected chi connectivity index (χ2v) is 4.36. The van der Waals surface area contributed by atoms with E-state index in [0.717, 1.165) is 0 Å². The van der Waals surface area contributed by atoms with Crippen molar-refractivity contribution in [3.8, 4) is 0 Å². The summed E-state index contributed by atoms with van der Waals surface area (Å²) in [5.41, 5.74) is 0. The van der Waals surface area contributed by atoms with E-state index in [1.807, 2.05) is 20.8 Å². The van der Waals surface area contributed by atoms with Crippen LogP contribution < -0.4 is 0 Å². The smallest absolute Gasteiger partial charge is 0.310 e. The fourth-order valence-corrected chi connectivity index (χ4v) is 1.93. The van der Waals surface area contributed by atoms with Crippen LogP contribution in [0, 0.1) is 17.8 Å². The average Bonchev–Trinajstić information content (AvgIpc) is 2.43. The van der Waals surface area contributed by atoms with Crippen molar-refractivity contribution in [3.63, 3.8) is 0 Å². The van der Waals surface area contributed by atoms with Crippen LogP contribution in [0.15, 0.2) is 24.8 Å². The van der Waals surface area contributed by atoms with Crippen molar-refractivity contribution in [2.24, 2.45) is 17.8 Å². The Bertz CT molecular complexity index is 333. The first-order valence-corrected chi connectivity index (χ1v) is 6.51. The molecule has 3 unspecified atom stereocenters. The van der Waals surface area contributed by atoms with E-state index in [0.29, 0.717) is 6.42 Å². The molecule has 0 rings (SSSR count). The van der Waals surface area contributed by atoms with Crippen LogP contribution in [-0.4, -0.2) is 25.7 Å². The van der Waals surface area contributed by atoms with E-state index in [9.17, 15) is 9.59 Å². The summed E-state index contributed by atoms with van der Waals surface area (Å²) in [5.74, 6) is -1.98. The first-order valence-electron chi connectivity index (χ1n) is 6.51. The van der Waals surface area contributed by atoms with Gasteiger partial charge in [-0.15, -0.1) is 6.58 Å². The summed E-state index contributed by atoms with van der Waals surface area (Å²) in [6.45, 7) is 9.45. The predicted octanol–water partition coefficient (Wildman–Crippen LogP) is 2.74. The topological polar surface area (TPSA) is 52.6 Å². The third-order valence-electron chi connectivity index (χ3n) is 3.15. The minimum atomic E-state index is -0.550. The van der Waals surface area contributed by atoms with E-state index >= 15 is 0 Å². The highest BCUT2D eigenvalue weighted by Gasteiger charge is 2.37. The monoisotopic (exact) mass is 268 g/mol. The van der Waals surface area contributed by atoms with E-state index in [1.54, 1.807) is 18.2 Å². The van der Waals surface area contributed by atoms with Crippen molar-refractivity contribution in [2.45, 2.75) is 27.2 Å². The molecule has 0 amide bonds. The lowest BCUT2D eigenvalue weighted by Gasteiger charge is -2.25. The quantitative estimate of drug-likeness (QED) is 0.502. The molecule has 3 atom stereocenters. The number of rotatable bonds is 8. The number of hydrogen-bond acceptors (Lipinski definition) is 4. The molecule has 0 heterocycles. The molecule has 0 fully saturated rings. The van der Waals surface area contributed by atoms with Crippen LogP contribution in [-0.2, 0) is 19.1 Å². The fraction of sp³-hybridized carbons (Fsp3) is 0.600. The van der Waals surface area contributed by atoms with Crippen LogP contribution in [0.25, 0.3) is 0 Å². The van der Waals surface area contributed by atoms with Gasteiger partial charge in [-0.05, 0) is 19.3 Å². The second kappa shape index (κ2) is 9.36. The normalized spacial score (nSPS) is 15.6. The van der Waals surface area contributed by atoms with E-state index in [-0.39, 0.29) is 18.5 Å². The molecule has 0 saturated heterocycles. The Labute approximate surface area is 115 Å². The van der Waals surface area contributed by atoms with Crippen LogP contribution in [0.3, 0.4) is 0 Å².